The maximum atomic E-state index is 11.6. The fraction of sp³-hybridized carbons (Fsp3) is 0.429. The second-order valence-corrected chi connectivity index (χ2v) is 4.69. The number of alkyl carbamates (subject to hydrolysis) is 1. The van der Waals surface area contributed by atoms with Crippen molar-refractivity contribution in [1.29, 1.82) is 0 Å². The lowest BCUT2D eigenvalue weighted by atomic mass is 10.0. The smallest absolute Gasteiger partial charge is 0.407 e. The largest absolute Gasteiger partial charge is 0.481 e. The normalized spacial score (nSPS) is 21.9. The van der Waals surface area contributed by atoms with E-state index in [-0.39, 0.29) is 12.6 Å². The summed E-state index contributed by atoms with van der Waals surface area (Å²) in [5.41, 5.74) is 0.902. The highest BCUT2D eigenvalue weighted by Gasteiger charge is 2.34. The summed E-state index contributed by atoms with van der Waals surface area (Å²) in [5.74, 6) is -1.35. The van der Waals surface area contributed by atoms with Gasteiger partial charge in [-0.05, 0) is 18.4 Å². The Morgan fingerprint density at radius 3 is 2.68 bits per heavy atom. The van der Waals surface area contributed by atoms with Crippen LogP contribution in [0, 0.1) is 5.92 Å². The Hall–Kier alpha value is -2.04. The summed E-state index contributed by atoms with van der Waals surface area (Å²) in [6.07, 6.45) is 1.57. The summed E-state index contributed by atoms with van der Waals surface area (Å²) in [6, 6.07) is 9.04. The Morgan fingerprint density at radius 1 is 1.26 bits per heavy atom. The number of nitrogens with one attached hydrogen (secondary N) is 1. The number of benzene rings is 1. The highest BCUT2D eigenvalue weighted by atomic mass is 16.5. The lowest BCUT2D eigenvalue weighted by Gasteiger charge is -2.17. The minimum absolute atomic E-state index is 0.192. The SMILES string of the molecule is O=C(N[C@@H]1CCC[C@H]1C(=O)O)OCc1ccccc1. The van der Waals surface area contributed by atoms with E-state index < -0.39 is 18.0 Å². The Balaban J connectivity index is 1.80. The molecule has 1 saturated carbocycles. The molecule has 19 heavy (non-hydrogen) atoms. The third-order valence-electron chi connectivity index (χ3n) is 3.35. The monoisotopic (exact) mass is 263 g/mol. The Labute approximate surface area is 111 Å². The van der Waals surface area contributed by atoms with Crippen molar-refractivity contribution in [2.45, 2.75) is 31.9 Å². The molecule has 5 nitrogen and oxygen atoms in total. The number of carbonyl (C=O) groups is 2. The molecule has 0 heterocycles. The maximum absolute atomic E-state index is 11.6. The first-order valence-corrected chi connectivity index (χ1v) is 6.37. The average Bonchev–Trinajstić information content (AvgIpc) is 2.86. The first-order valence-electron chi connectivity index (χ1n) is 6.37. The van der Waals surface area contributed by atoms with Crippen LogP contribution in [0.25, 0.3) is 0 Å². The number of hydrogen-bond donors (Lipinski definition) is 2. The summed E-state index contributed by atoms with van der Waals surface area (Å²) < 4.78 is 5.08. The van der Waals surface area contributed by atoms with E-state index in [0.29, 0.717) is 12.8 Å². The molecular weight excluding hydrogens is 246 g/mol. The molecule has 5 heteroatoms. The molecule has 1 aliphatic rings. The van der Waals surface area contributed by atoms with Crippen LogP contribution in [-0.2, 0) is 16.1 Å². The second kappa shape index (κ2) is 6.22. The standard InChI is InChI=1S/C14H17NO4/c16-13(17)11-7-4-8-12(11)15-14(18)19-9-10-5-2-1-3-6-10/h1-3,5-6,11-12H,4,7-9H2,(H,15,18)(H,16,17)/t11-,12-/m1/s1. The molecule has 2 atom stereocenters. The highest BCUT2D eigenvalue weighted by Crippen LogP contribution is 2.25. The minimum Gasteiger partial charge on any atom is -0.481 e. The summed E-state index contributed by atoms with van der Waals surface area (Å²) in [6.45, 7) is 0.192. The molecule has 102 valence electrons. The van der Waals surface area contributed by atoms with Crippen molar-refractivity contribution in [2.24, 2.45) is 5.92 Å². The fourth-order valence-electron chi connectivity index (χ4n) is 2.34. The first-order chi connectivity index (χ1) is 9.16. The molecule has 0 aromatic heterocycles. The average molecular weight is 263 g/mol. The molecule has 1 aromatic carbocycles. The molecule has 1 amide bonds. The van der Waals surface area contributed by atoms with Gasteiger partial charge in [0.05, 0.1) is 5.92 Å². The van der Waals surface area contributed by atoms with Gasteiger partial charge in [0, 0.05) is 6.04 Å². The van der Waals surface area contributed by atoms with E-state index in [4.69, 9.17) is 9.84 Å². The van der Waals surface area contributed by atoms with E-state index in [1.54, 1.807) is 0 Å². The van der Waals surface area contributed by atoms with Gasteiger partial charge in [-0.1, -0.05) is 36.8 Å². The molecule has 0 aliphatic heterocycles. The van der Waals surface area contributed by atoms with Gasteiger partial charge >= 0.3 is 12.1 Å². The third kappa shape index (κ3) is 3.71. The number of amides is 1. The molecule has 0 saturated heterocycles. The van der Waals surface area contributed by atoms with Crippen molar-refractivity contribution in [1.82, 2.24) is 5.32 Å². The van der Waals surface area contributed by atoms with Gasteiger partial charge in [0.25, 0.3) is 0 Å². The molecule has 1 aromatic rings. The number of hydrogen-bond acceptors (Lipinski definition) is 3. The topological polar surface area (TPSA) is 75.6 Å². The predicted octanol–water partition coefficient (Wildman–Crippen LogP) is 2.17. The number of ether oxygens (including phenoxy) is 1. The zero-order valence-corrected chi connectivity index (χ0v) is 10.5. The number of carboxylic acid groups (broad SMARTS) is 1. The van der Waals surface area contributed by atoms with E-state index in [1.807, 2.05) is 30.3 Å². The van der Waals surface area contributed by atoms with Crippen LogP contribution in [0.3, 0.4) is 0 Å². The molecule has 2 N–H and O–H groups in total. The summed E-state index contributed by atoms with van der Waals surface area (Å²) in [4.78, 5) is 22.6. The Morgan fingerprint density at radius 2 is 2.00 bits per heavy atom. The van der Waals surface area contributed by atoms with Crippen molar-refractivity contribution in [3.8, 4) is 0 Å². The molecule has 0 bridgehead atoms. The first kappa shape index (κ1) is 13.4. The maximum Gasteiger partial charge on any atom is 0.407 e. The molecule has 1 fully saturated rings. The zero-order chi connectivity index (χ0) is 13.7. The Kier molecular flexibility index (Phi) is 4.39. The lowest BCUT2D eigenvalue weighted by Crippen LogP contribution is -2.40. The van der Waals surface area contributed by atoms with Crippen LogP contribution in [0.1, 0.15) is 24.8 Å². The quantitative estimate of drug-likeness (QED) is 0.872. The van der Waals surface area contributed by atoms with E-state index >= 15 is 0 Å². The number of carbonyl (C=O) groups excluding carboxylic acids is 1. The Bertz CT molecular complexity index is 446. The molecule has 2 rings (SSSR count). The second-order valence-electron chi connectivity index (χ2n) is 4.69. The summed E-state index contributed by atoms with van der Waals surface area (Å²) >= 11 is 0. The number of aliphatic carboxylic acids is 1. The number of rotatable bonds is 4. The summed E-state index contributed by atoms with van der Waals surface area (Å²) in [7, 11) is 0. The lowest BCUT2D eigenvalue weighted by molar-refractivity contribution is -0.142. The highest BCUT2D eigenvalue weighted by molar-refractivity contribution is 5.74. The van der Waals surface area contributed by atoms with E-state index in [2.05, 4.69) is 5.32 Å². The van der Waals surface area contributed by atoms with Gasteiger partial charge in [-0.15, -0.1) is 0 Å². The van der Waals surface area contributed by atoms with Crippen LogP contribution in [-0.4, -0.2) is 23.2 Å². The molecule has 0 spiro atoms. The molecule has 0 radical (unpaired) electrons. The van der Waals surface area contributed by atoms with E-state index in [0.717, 1.165) is 12.0 Å². The van der Waals surface area contributed by atoms with E-state index in [9.17, 15) is 9.59 Å². The van der Waals surface area contributed by atoms with Crippen LogP contribution < -0.4 is 5.32 Å². The predicted molar refractivity (Wildman–Crippen MR) is 68.5 cm³/mol. The zero-order valence-electron chi connectivity index (χ0n) is 10.5. The van der Waals surface area contributed by atoms with Crippen LogP contribution >= 0.6 is 0 Å². The van der Waals surface area contributed by atoms with Crippen LogP contribution in [0.5, 0.6) is 0 Å². The van der Waals surface area contributed by atoms with Crippen molar-refractivity contribution in [3.05, 3.63) is 35.9 Å². The van der Waals surface area contributed by atoms with Gasteiger partial charge in [-0.3, -0.25) is 4.79 Å². The molecule has 1 aliphatic carbocycles. The van der Waals surface area contributed by atoms with Gasteiger partial charge in [-0.2, -0.15) is 0 Å². The minimum atomic E-state index is -0.856. The van der Waals surface area contributed by atoms with Gasteiger partial charge < -0.3 is 15.2 Å². The van der Waals surface area contributed by atoms with Crippen molar-refractivity contribution in [3.63, 3.8) is 0 Å². The van der Waals surface area contributed by atoms with Crippen molar-refractivity contribution < 1.29 is 19.4 Å². The number of carboxylic acids is 1. The van der Waals surface area contributed by atoms with Crippen LogP contribution in [0.15, 0.2) is 30.3 Å². The van der Waals surface area contributed by atoms with Crippen molar-refractivity contribution >= 4 is 12.1 Å². The molecule has 0 unspecified atom stereocenters. The van der Waals surface area contributed by atoms with Crippen LogP contribution in [0.4, 0.5) is 4.79 Å². The van der Waals surface area contributed by atoms with Gasteiger partial charge in [-0.25, -0.2) is 4.79 Å². The molecular formula is C14H17NO4. The van der Waals surface area contributed by atoms with E-state index in [1.165, 1.54) is 0 Å². The fourth-order valence-corrected chi connectivity index (χ4v) is 2.34. The summed E-state index contributed by atoms with van der Waals surface area (Å²) in [5, 5.41) is 11.7. The van der Waals surface area contributed by atoms with Gasteiger partial charge in [0.2, 0.25) is 0 Å². The van der Waals surface area contributed by atoms with Crippen LogP contribution in [0.2, 0.25) is 0 Å². The van der Waals surface area contributed by atoms with Gasteiger partial charge in [0.15, 0.2) is 0 Å². The van der Waals surface area contributed by atoms with Gasteiger partial charge in [0.1, 0.15) is 6.61 Å². The third-order valence-corrected chi connectivity index (χ3v) is 3.35. The van der Waals surface area contributed by atoms with Crippen molar-refractivity contribution in [2.75, 3.05) is 0 Å².